The first-order valence-corrected chi connectivity index (χ1v) is 4.99. The zero-order valence-corrected chi connectivity index (χ0v) is 8.95. The maximum Gasteiger partial charge on any atom is 0.339 e. The van der Waals surface area contributed by atoms with Crippen molar-refractivity contribution >= 4 is 5.97 Å². The van der Waals surface area contributed by atoms with Gasteiger partial charge in [-0.25, -0.2) is 4.79 Å². The number of carbonyl (C=O) groups excluding carboxylic acids is 1. The minimum absolute atomic E-state index is 0.228. The molecular formula is C11H15NO3. The Morgan fingerprint density at radius 1 is 1.53 bits per heavy atom. The van der Waals surface area contributed by atoms with Crippen LogP contribution in [-0.2, 0) is 4.74 Å². The summed E-state index contributed by atoms with van der Waals surface area (Å²) in [6.07, 6.45) is 2.33. The molecule has 1 aromatic rings. The predicted molar refractivity (Wildman–Crippen MR) is 56.8 cm³/mol. The highest BCUT2D eigenvalue weighted by atomic mass is 16.5. The second-order valence-corrected chi connectivity index (χ2v) is 3.55. The molecule has 0 spiro atoms. The van der Waals surface area contributed by atoms with Crippen molar-refractivity contribution in [3.8, 4) is 0 Å². The number of pyridine rings is 1. The first-order valence-electron chi connectivity index (χ1n) is 4.99. The lowest BCUT2D eigenvalue weighted by Crippen LogP contribution is -2.13. The van der Waals surface area contributed by atoms with E-state index >= 15 is 0 Å². The molecular weight excluding hydrogens is 194 g/mol. The summed E-state index contributed by atoms with van der Waals surface area (Å²) < 4.78 is 5.06. The van der Waals surface area contributed by atoms with Gasteiger partial charge in [0.05, 0.1) is 12.2 Å². The van der Waals surface area contributed by atoms with E-state index in [1.165, 1.54) is 18.3 Å². The van der Waals surface area contributed by atoms with Gasteiger partial charge in [-0.05, 0) is 12.0 Å². The van der Waals surface area contributed by atoms with Crippen molar-refractivity contribution in [3.05, 3.63) is 34.2 Å². The Bertz CT molecular complexity index is 363. The Balaban J connectivity index is 2.54. The first kappa shape index (κ1) is 11.5. The van der Waals surface area contributed by atoms with Crippen molar-refractivity contribution in [2.45, 2.75) is 20.3 Å². The molecule has 0 fully saturated rings. The highest BCUT2D eigenvalue weighted by Crippen LogP contribution is 2.04. The fourth-order valence-electron chi connectivity index (χ4n) is 0.957. The maximum absolute atomic E-state index is 11.4. The number of ether oxygens (including phenoxy) is 1. The van der Waals surface area contributed by atoms with Gasteiger partial charge in [0.2, 0.25) is 5.56 Å². The molecule has 4 nitrogen and oxygen atoms in total. The molecule has 1 rings (SSSR count). The second kappa shape index (κ2) is 5.34. The second-order valence-electron chi connectivity index (χ2n) is 3.55. The molecule has 1 heterocycles. The van der Waals surface area contributed by atoms with Gasteiger partial charge in [-0.15, -0.1) is 0 Å². The van der Waals surface area contributed by atoms with E-state index in [2.05, 4.69) is 4.98 Å². The molecule has 4 heteroatoms. The number of aromatic amines is 1. The standard InChI is InChI=1S/C11H15NO3/c1-3-8(2)7-15-11(14)9-4-5-10(13)12-6-9/h4-6,8H,3,7H2,1-2H3,(H,12,13). The lowest BCUT2D eigenvalue weighted by molar-refractivity contribution is 0.0446. The van der Waals surface area contributed by atoms with Crippen molar-refractivity contribution in [1.82, 2.24) is 4.98 Å². The quantitative estimate of drug-likeness (QED) is 0.766. The van der Waals surface area contributed by atoms with Gasteiger partial charge < -0.3 is 9.72 Å². The normalized spacial score (nSPS) is 12.1. The number of nitrogens with one attached hydrogen (secondary N) is 1. The van der Waals surface area contributed by atoms with Crippen molar-refractivity contribution in [1.29, 1.82) is 0 Å². The van der Waals surface area contributed by atoms with Gasteiger partial charge in [0.15, 0.2) is 0 Å². The molecule has 0 aliphatic rings. The van der Waals surface area contributed by atoms with Crippen LogP contribution in [0.2, 0.25) is 0 Å². The molecule has 0 radical (unpaired) electrons. The van der Waals surface area contributed by atoms with E-state index in [1.807, 2.05) is 13.8 Å². The zero-order valence-electron chi connectivity index (χ0n) is 8.95. The lowest BCUT2D eigenvalue weighted by atomic mass is 10.1. The average molecular weight is 209 g/mol. The molecule has 1 atom stereocenters. The molecule has 0 aliphatic heterocycles. The number of hydrogen-bond acceptors (Lipinski definition) is 3. The van der Waals surface area contributed by atoms with Crippen LogP contribution in [0.5, 0.6) is 0 Å². The van der Waals surface area contributed by atoms with Crippen LogP contribution in [-0.4, -0.2) is 17.6 Å². The van der Waals surface area contributed by atoms with Crippen LogP contribution in [0.1, 0.15) is 30.6 Å². The third-order valence-corrected chi connectivity index (χ3v) is 2.22. The highest BCUT2D eigenvalue weighted by Gasteiger charge is 2.08. The third-order valence-electron chi connectivity index (χ3n) is 2.22. The highest BCUT2D eigenvalue weighted by molar-refractivity contribution is 5.88. The van der Waals surface area contributed by atoms with Crippen molar-refractivity contribution in [2.24, 2.45) is 5.92 Å². The molecule has 0 amide bonds. The van der Waals surface area contributed by atoms with Gasteiger partial charge in [-0.3, -0.25) is 4.79 Å². The summed E-state index contributed by atoms with van der Waals surface area (Å²) in [5.74, 6) is -0.0386. The van der Waals surface area contributed by atoms with Crippen LogP contribution in [0.15, 0.2) is 23.1 Å². The zero-order chi connectivity index (χ0) is 11.3. The summed E-state index contributed by atoms with van der Waals surface area (Å²) in [4.78, 5) is 24.6. The minimum Gasteiger partial charge on any atom is -0.462 e. The van der Waals surface area contributed by atoms with E-state index in [9.17, 15) is 9.59 Å². The van der Waals surface area contributed by atoms with Gasteiger partial charge in [-0.2, -0.15) is 0 Å². The number of rotatable bonds is 4. The van der Waals surface area contributed by atoms with Gasteiger partial charge in [0.25, 0.3) is 0 Å². The average Bonchev–Trinajstić information content (AvgIpc) is 2.26. The largest absolute Gasteiger partial charge is 0.462 e. The van der Waals surface area contributed by atoms with Crippen LogP contribution in [0.4, 0.5) is 0 Å². The molecule has 0 aromatic carbocycles. The van der Waals surface area contributed by atoms with E-state index in [0.717, 1.165) is 6.42 Å². The Morgan fingerprint density at radius 2 is 2.27 bits per heavy atom. The number of carbonyl (C=O) groups is 1. The molecule has 1 N–H and O–H groups in total. The Kier molecular flexibility index (Phi) is 4.09. The molecule has 0 bridgehead atoms. The van der Waals surface area contributed by atoms with E-state index < -0.39 is 5.97 Å². The fraction of sp³-hybridized carbons (Fsp3) is 0.455. The Labute approximate surface area is 88.3 Å². The van der Waals surface area contributed by atoms with Crippen LogP contribution >= 0.6 is 0 Å². The van der Waals surface area contributed by atoms with Gasteiger partial charge in [-0.1, -0.05) is 20.3 Å². The number of aromatic nitrogens is 1. The summed E-state index contributed by atoms with van der Waals surface area (Å²) in [6, 6.07) is 2.76. The van der Waals surface area contributed by atoms with E-state index in [0.29, 0.717) is 18.1 Å². The van der Waals surface area contributed by atoms with Gasteiger partial charge in [0.1, 0.15) is 0 Å². The van der Waals surface area contributed by atoms with Gasteiger partial charge in [0, 0.05) is 12.3 Å². The van der Waals surface area contributed by atoms with Crippen LogP contribution in [0, 0.1) is 5.92 Å². The van der Waals surface area contributed by atoms with E-state index in [1.54, 1.807) is 0 Å². The summed E-state index contributed by atoms with van der Waals surface area (Å²) in [6.45, 7) is 4.47. The Morgan fingerprint density at radius 3 is 2.80 bits per heavy atom. The fourth-order valence-corrected chi connectivity index (χ4v) is 0.957. The summed E-state index contributed by atoms with van der Waals surface area (Å²) >= 11 is 0. The maximum atomic E-state index is 11.4. The molecule has 1 unspecified atom stereocenters. The molecule has 1 aromatic heterocycles. The molecule has 0 saturated carbocycles. The third kappa shape index (κ3) is 3.58. The number of H-pyrrole nitrogens is 1. The van der Waals surface area contributed by atoms with Crippen molar-refractivity contribution in [3.63, 3.8) is 0 Å². The van der Waals surface area contributed by atoms with Gasteiger partial charge >= 0.3 is 5.97 Å². The minimum atomic E-state index is -0.397. The topological polar surface area (TPSA) is 59.2 Å². The molecule has 15 heavy (non-hydrogen) atoms. The monoisotopic (exact) mass is 209 g/mol. The summed E-state index contributed by atoms with van der Waals surface area (Å²) in [5, 5.41) is 0. The van der Waals surface area contributed by atoms with Crippen molar-refractivity contribution in [2.75, 3.05) is 6.61 Å². The first-order chi connectivity index (χ1) is 7.13. The SMILES string of the molecule is CCC(C)COC(=O)c1ccc(=O)[nH]c1. The number of esters is 1. The van der Waals surface area contributed by atoms with Crippen LogP contribution in [0.3, 0.4) is 0 Å². The molecule has 0 aliphatic carbocycles. The van der Waals surface area contributed by atoms with E-state index in [4.69, 9.17) is 4.74 Å². The molecule has 0 saturated heterocycles. The summed E-state index contributed by atoms with van der Waals surface area (Å²) in [5.41, 5.74) is 0.145. The predicted octanol–water partition coefficient (Wildman–Crippen LogP) is 1.58. The van der Waals surface area contributed by atoms with Crippen LogP contribution < -0.4 is 5.56 Å². The lowest BCUT2D eigenvalue weighted by Gasteiger charge is -2.08. The van der Waals surface area contributed by atoms with Crippen LogP contribution in [0.25, 0.3) is 0 Å². The number of hydrogen-bond donors (Lipinski definition) is 1. The smallest absolute Gasteiger partial charge is 0.339 e. The summed E-state index contributed by atoms with van der Waals surface area (Å²) in [7, 11) is 0. The Hall–Kier alpha value is -1.58. The molecule has 82 valence electrons. The van der Waals surface area contributed by atoms with E-state index in [-0.39, 0.29) is 5.56 Å². The van der Waals surface area contributed by atoms with Crippen molar-refractivity contribution < 1.29 is 9.53 Å².